The molecule has 0 aliphatic heterocycles. The molecule has 7 heteroatoms. The number of benzene rings is 2. The Morgan fingerprint density at radius 2 is 1.83 bits per heavy atom. The number of nitrogens with one attached hydrogen (secondary N) is 1. The van der Waals surface area contributed by atoms with Crippen LogP contribution in [-0.4, -0.2) is 20.6 Å². The van der Waals surface area contributed by atoms with Crippen molar-refractivity contribution in [1.29, 1.82) is 0 Å². The molecule has 0 aliphatic carbocycles. The van der Waals surface area contributed by atoms with Crippen molar-refractivity contribution in [3.8, 4) is 0 Å². The van der Waals surface area contributed by atoms with Crippen LogP contribution in [0.5, 0.6) is 0 Å². The van der Waals surface area contributed by atoms with Crippen LogP contribution in [0.4, 0.5) is 0 Å². The van der Waals surface area contributed by atoms with Crippen LogP contribution in [-0.2, 0) is 15.6 Å². The van der Waals surface area contributed by atoms with Crippen LogP contribution in [0.1, 0.15) is 34.5 Å². The van der Waals surface area contributed by atoms with Gasteiger partial charge in [0.2, 0.25) is 0 Å². The van der Waals surface area contributed by atoms with Gasteiger partial charge in [-0.15, -0.1) is 0 Å². The topological polar surface area (TPSA) is 63.2 Å². The second-order valence-electron chi connectivity index (χ2n) is 5.64. The molecule has 0 spiro atoms. The summed E-state index contributed by atoms with van der Waals surface area (Å²) in [7, 11) is -3.15. The summed E-state index contributed by atoms with van der Waals surface area (Å²) >= 11 is 11.9. The fourth-order valence-corrected chi connectivity index (χ4v) is 3.34. The Morgan fingerprint density at radius 3 is 2.46 bits per heavy atom. The quantitative estimate of drug-likeness (QED) is 0.844. The molecule has 1 amide bonds. The first-order valence-corrected chi connectivity index (χ1v) is 10.00. The van der Waals surface area contributed by atoms with Gasteiger partial charge in [0, 0.05) is 11.8 Å². The summed E-state index contributed by atoms with van der Waals surface area (Å²) in [6.07, 6.45) is 1.16. The second kappa shape index (κ2) is 7.55. The molecule has 24 heavy (non-hydrogen) atoms. The van der Waals surface area contributed by atoms with Crippen molar-refractivity contribution in [2.45, 2.75) is 18.7 Å². The Morgan fingerprint density at radius 1 is 1.12 bits per heavy atom. The van der Waals surface area contributed by atoms with Gasteiger partial charge in [-0.2, -0.15) is 0 Å². The van der Waals surface area contributed by atoms with E-state index >= 15 is 0 Å². The van der Waals surface area contributed by atoms with Crippen LogP contribution in [0.15, 0.2) is 42.5 Å². The molecular formula is C17H17Cl2NO3S. The van der Waals surface area contributed by atoms with Crippen molar-refractivity contribution in [2.75, 3.05) is 6.26 Å². The Hall–Kier alpha value is -1.56. The van der Waals surface area contributed by atoms with E-state index in [4.69, 9.17) is 23.2 Å². The van der Waals surface area contributed by atoms with E-state index in [0.29, 0.717) is 21.2 Å². The molecule has 128 valence electrons. The Labute approximate surface area is 151 Å². The van der Waals surface area contributed by atoms with E-state index in [1.54, 1.807) is 42.5 Å². The minimum Gasteiger partial charge on any atom is -0.346 e. The van der Waals surface area contributed by atoms with Gasteiger partial charge in [0.05, 0.1) is 21.8 Å². The molecule has 2 aromatic carbocycles. The molecule has 1 unspecified atom stereocenters. The number of halogens is 2. The number of rotatable bonds is 5. The lowest BCUT2D eigenvalue weighted by molar-refractivity contribution is 0.0939. The van der Waals surface area contributed by atoms with Crippen LogP contribution in [0.3, 0.4) is 0 Å². The van der Waals surface area contributed by atoms with E-state index in [2.05, 4.69) is 5.32 Å². The molecule has 0 aromatic heterocycles. The molecule has 0 bridgehead atoms. The molecular weight excluding hydrogens is 369 g/mol. The molecule has 1 atom stereocenters. The Balaban J connectivity index is 2.14. The van der Waals surface area contributed by atoms with Gasteiger partial charge < -0.3 is 5.32 Å². The monoisotopic (exact) mass is 385 g/mol. The molecule has 0 heterocycles. The molecule has 4 nitrogen and oxygen atoms in total. The predicted octanol–water partition coefficient (Wildman–Crippen LogP) is 4.03. The maximum atomic E-state index is 12.4. The molecule has 0 aliphatic rings. The minimum atomic E-state index is -3.15. The Bertz CT molecular complexity index is 866. The summed E-state index contributed by atoms with van der Waals surface area (Å²) in [5, 5.41) is 3.73. The zero-order chi connectivity index (χ0) is 17.9. The summed E-state index contributed by atoms with van der Waals surface area (Å²) in [6.45, 7) is 1.83. The number of carbonyl (C=O) groups is 1. The highest BCUT2D eigenvalue weighted by Crippen LogP contribution is 2.25. The van der Waals surface area contributed by atoms with Gasteiger partial charge >= 0.3 is 0 Å². The van der Waals surface area contributed by atoms with E-state index in [-0.39, 0.29) is 17.7 Å². The van der Waals surface area contributed by atoms with E-state index in [1.165, 1.54) is 0 Å². The molecule has 0 saturated carbocycles. The predicted molar refractivity (Wildman–Crippen MR) is 97.3 cm³/mol. The Kier molecular flexibility index (Phi) is 5.91. The highest BCUT2D eigenvalue weighted by atomic mass is 35.5. The van der Waals surface area contributed by atoms with Crippen LogP contribution < -0.4 is 5.32 Å². The molecule has 0 fully saturated rings. The van der Waals surface area contributed by atoms with Gasteiger partial charge in [-0.3, -0.25) is 4.79 Å². The third-order valence-electron chi connectivity index (χ3n) is 3.41. The molecule has 2 rings (SSSR count). The van der Waals surface area contributed by atoms with E-state index in [9.17, 15) is 13.2 Å². The number of sulfone groups is 1. The first kappa shape index (κ1) is 18.8. The van der Waals surface area contributed by atoms with E-state index in [0.717, 1.165) is 11.8 Å². The SMILES string of the molecule is CC(NC(=O)c1cccc(CS(C)(=O)=O)c1)c1ccc(Cl)c(Cl)c1. The lowest BCUT2D eigenvalue weighted by Crippen LogP contribution is -2.26. The van der Waals surface area contributed by atoms with Gasteiger partial charge in [-0.05, 0) is 42.3 Å². The molecule has 0 saturated heterocycles. The standard InChI is InChI=1S/C17H17Cl2NO3S/c1-11(13-6-7-15(18)16(19)9-13)20-17(21)14-5-3-4-12(8-14)10-24(2,22)23/h3-9,11H,10H2,1-2H3,(H,20,21). The highest BCUT2D eigenvalue weighted by Gasteiger charge is 2.14. The van der Waals surface area contributed by atoms with Gasteiger partial charge in [-0.1, -0.05) is 41.4 Å². The molecule has 2 aromatic rings. The van der Waals surface area contributed by atoms with E-state index in [1.807, 2.05) is 6.92 Å². The summed E-state index contributed by atoms with van der Waals surface area (Å²) in [5.74, 6) is -0.389. The van der Waals surface area contributed by atoms with Crippen molar-refractivity contribution in [1.82, 2.24) is 5.32 Å². The zero-order valence-electron chi connectivity index (χ0n) is 13.2. The number of hydrogen-bond acceptors (Lipinski definition) is 3. The minimum absolute atomic E-state index is 0.101. The van der Waals surface area contributed by atoms with Crippen LogP contribution in [0, 0.1) is 0 Å². The largest absolute Gasteiger partial charge is 0.346 e. The summed E-state index contributed by atoms with van der Waals surface area (Å²) in [5.41, 5.74) is 1.81. The first-order valence-electron chi connectivity index (χ1n) is 7.18. The van der Waals surface area contributed by atoms with Gasteiger partial charge in [-0.25, -0.2) is 8.42 Å². The first-order chi connectivity index (χ1) is 11.2. The third-order valence-corrected chi connectivity index (χ3v) is 5.01. The smallest absolute Gasteiger partial charge is 0.251 e. The van der Waals surface area contributed by atoms with Crippen molar-refractivity contribution < 1.29 is 13.2 Å². The van der Waals surface area contributed by atoms with E-state index < -0.39 is 9.84 Å². The normalized spacial score (nSPS) is 12.7. The lowest BCUT2D eigenvalue weighted by atomic mass is 10.1. The van der Waals surface area contributed by atoms with Gasteiger partial charge in [0.25, 0.3) is 5.91 Å². The highest BCUT2D eigenvalue weighted by molar-refractivity contribution is 7.89. The number of hydrogen-bond donors (Lipinski definition) is 1. The van der Waals surface area contributed by atoms with Gasteiger partial charge in [0.1, 0.15) is 0 Å². The maximum absolute atomic E-state index is 12.4. The number of amides is 1. The van der Waals surface area contributed by atoms with Crippen molar-refractivity contribution >= 4 is 38.9 Å². The maximum Gasteiger partial charge on any atom is 0.251 e. The van der Waals surface area contributed by atoms with Crippen LogP contribution in [0.2, 0.25) is 10.0 Å². The summed E-state index contributed by atoms with van der Waals surface area (Å²) in [6, 6.07) is 11.5. The van der Waals surface area contributed by atoms with Crippen LogP contribution in [0.25, 0.3) is 0 Å². The second-order valence-corrected chi connectivity index (χ2v) is 8.59. The average molecular weight is 386 g/mol. The summed E-state index contributed by atoms with van der Waals surface area (Å²) < 4.78 is 22.8. The van der Waals surface area contributed by atoms with Crippen molar-refractivity contribution in [3.63, 3.8) is 0 Å². The fourth-order valence-electron chi connectivity index (χ4n) is 2.25. The molecule has 0 radical (unpaired) electrons. The third kappa shape index (κ3) is 5.23. The van der Waals surface area contributed by atoms with Crippen LogP contribution >= 0.6 is 23.2 Å². The number of carbonyl (C=O) groups excluding carboxylic acids is 1. The lowest BCUT2D eigenvalue weighted by Gasteiger charge is -2.15. The van der Waals surface area contributed by atoms with Crippen molar-refractivity contribution in [3.05, 3.63) is 69.2 Å². The summed E-state index contributed by atoms with van der Waals surface area (Å²) in [4.78, 5) is 12.4. The molecule has 1 N–H and O–H groups in total. The van der Waals surface area contributed by atoms with Gasteiger partial charge in [0.15, 0.2) is 9.84 Å². The fraction of sp³-hybridized carbons (Fsp3) is 0.235. The van der Waals surface area contributed by atoms with Crippen molar-refractivity contribution in [2.24, 2.45) is 0 Å². The zero-order valence-corrected chi connectivity index (χ0v) is 15.5. The average Bonchev–Trinajstić information content (AvgIpc) is 2.48.